The lowest BCUT2D eigenvalue weighted by molar-refractivity contribution is 0.0590. The third-order valence-corrected chi connectivity index (χ3v) is 3.66. The van der Waals surface area contributed by atoms with Gasteiger partial charge in [-0.25, -0.2) is 9.79 Å². The van der Waals surface area contributed by atoms with Gasteiger partial charge < -0.3 is 13.9 Å². The largest absolute Gasteiger partial charge is 0.464 e. The molecule has 1 aliphatic heterocycles. The number of carbonyl (C=O) groups is 1. The van der Waals surface area contributed by atoms with Gasteiger partial charge in [0, 0.05) is 38.4 Å². The molecule has 130 valence electrons. The highest BCUT2D eigenvalue weighted by molar-refractivity contribution is 5.87. The molecule has 3 rings (SSSR count). The average molecular weight is 330 g/mol. The first-order chi connectivity index (χ1) is 11.4. The van der Waals surface area contributed by atoms with Crippen LogP contribution in [0.1, 0.15) is 28.7 Å². The normalized spacial score (nSPS) is 14.5. The Labute approximate surface area is 143 Å². The summed E-state index contributed by atoms with van der Waals surface area (Å²) in [6, 6.07) is 5.96. The third kappa shape index (κ3) is 5.87. The summed E-state index contributed by atoms with van der Waals surface area (Å²) in [7, 11) is 5.23. The van der Waals surface area contributed by atoms with E-state index in [-0.39, 0.29) is 5.97 Å². The Hall–Kier alpha value is -2.63. The molecule has 0 saturated heterocycles. The van der Waals surface area contributed by atoms with Gasteiger partial charge in [-0.15, -0.1) is 0 Å². The second-order valence-corrected chi connectivity index (χ2v) is 5.49. The molecule has 0 aliphatic carbocycles. The van der Waals surface area contributed by atoms with E-state index < -0.39 is 0 Å². The third-order valence-electron chi connectivity index (χ3n) is 3.66. The SMILES string of the molecule is CC1C=NC=N1.COC(=O)c1cccn1C.Cc1ccn(C)c1C. The number of methoxy groups -OCH3 is 1. The molecule has 1 atom stereocenters. The minimum atomic E-state index is -0.299. The molecular weight excluding hydrogens is 304 g/mol. The van der Waals surface area contributed by atoms with Crippen LogP contribution in [0.4, 0.5) is 0 Å². The molecular formula is C18H26N4O2. The first-order valence-corrected chi connectivity index (χ1v) is 7.70. The molecule has 0 saturated carbocycles. The Morgan fingerprint density at radius 1 is 1.17 bits per heavy atom. The van der Waals surface area contributed by atoms with Crippen molar-refractivity contribution in [2.75, 3.05) is 7.11 Å². The van der Waals surface area contributed by atoms with Crippen molar-refractivity contribution < 1.29 is 9.53 Å². The number of aromatic nitrogens is 2. The van der Waals surface area contributed by atoms with Crippen molar-refractivity contribution in [3.8, 4) is 0 Å². The maximum absolute atomic E-state index is 10.9. The molecule has 0 bridgehead atoms. The van der Waals surface area contributed by atoms with Crippen molar-refractivity contribution in [1.82, 2.24) is 9.13 Å². The van der Waals surface area contributed by atoms with Crippen LogP contribution >= 0.6 is 0 Å². The molecule has 1 aliphatic rings. The minimum absolute atomic E-state index is 0.299. The minimum Gasteiger partial charge on any atom is -0.464 e. The smallest absolute Gasteiger partial charge is 0.354 e. The number of rotatable bonds is 1. The van der Waals surface area contributed by atoms with Crippen LogP contribution in [0.2, 0.25) is 0 Å². The standard InChI is InChI=1S/C7H9NO2.C7H11N.C4H6N2/c1-8-5-3-4-6(8)7(9)10-2;1-6-4-5-8(3)7(6)2;1-4-2-5-3-6-4/h3-5H,1-2H3;4-5H,1-3H3;2-4H,1H3. The fourth-order valence-electron chi connectivity index (χ4n) is 1.86. The van der Waals surface area contributed by atoms with E-state index in [9.17, 15) is 4.79 Å². The van der Waals surface area contributed by atoms with Gasteiger partial charge in [-0.2, -0.15) is 0 Å². The van der Waals surface area contributed by atoms with E-state index in [0.717, 1.165) is 0 Å². The van der Waals surface area contributed by atoms with Crippen molar-refractivity contribution in [1.29, 1.82) is 0 Å². The van der Waals surface area contributed by atoms with Gasteiger partial charge >= 0.3 is 5.97 Å². The lowest BCUT2D eigenvalue weighted by Gasteiger charge is -1.98. The van der Waals surface area contributed by atoms with Gasteiger partial charge in [0.1, 0.15) is 12.0 Å². The van der Waals surface area contributed by atoms with Gasteiger partial charge in [0.25, 0.3) is 0 Å². The summed E-state index contributed by atoms with van der Waals surface area (Å²) in [4.78, 5) is 18.5. The number of aliphatic imine (C=N–C) groups is 2. The monoisotopic (exact) mass is 330 g/mol. The maximum Gasteiger partial charge on any atom is 0.354 e. The molecule has 0 spiro atoms. The summed E-state index contributed by atoms with van der Waals surface area (Å²) in [5.41, 5.74) is 3.29. The zero-order chi connectivity index (χ0) is 18.1. The van der Waals surface area contributed by atoms with Crippen LogP contribution in [-0.2, 0) is 18.8 Å². The Morgan fingerprint density at radius 2 is 1.88 bits per heavy atom. The van der Waals surface area contributed by atoms with E-state index in [4.69, 9.17) is 0 Å². The Kier molecular flexibility index (Phi) is 7.68. The molecule has 2 aromatic heterocycles. The van der Waals surface area contributed by atoms with Gasteiger partial charge in [-0.1, -0.05) is 0 Å². The van der Waals surface area contributed by atoms with Crippen LogP contribution in [0.15, 0.2) is 40.6 Å². The molecule has 6 heteroatoms. The quantitative estimate of drug-likeness (QED) is 0.755. The molecule has 0 radical (unpaired) electrons. The fourth-order valence-corrected chi connectivity index (χ4v) is 1.86. The molecule has 24 heavy (non-hydrogen) atoms. The van der Waals surface area contributed by atoms with E-state index in [1.54, 1.807) is 42.5 Å². The van der Waals surface area contributed by atoms with Gasteiger partial charge in [0.2, 0.25) is 0 Å². The highest BCUT2D eigenvalue weighted by atomic mass is 16.5. The lowest BCUT2D eigenvalue weighted by atomic mass is 10.3. The number of hydrogen-bond acceptors (Lipinski definition) is 4. The number of aryl methyl sites for hydroxylation is 3. The Bertz CT molecular complexity index is 679. The molecule has 0 N–H and O–H groups in total. The molecule has 3 heterocycles. The fraction of sp³-hybridized carbons (Fsp3) is 0.389. The maximum atomic E-state index is 10.9. The van der Waals surface area contributed by atoms with Crippen molar-refractivity contribution in [2.45, 2.75) is 26.8 Å². The van der Waals surface area contributed by atoms with Crippen LogP contribution in [0.5, 0.6) is 0 Å². The highest BCUT2D eigenvalue weighted by Crippen LogP contribution is 2.04. The molecule has 0 amide bonds. The van der Waals surface area contributed by atoms with Gasteiger partial charge in [0.15, 0.2) is 0 Å². The Morgan fingerprint density at radius 3 is 2.12 bits per heavy atom. The summed E-state index contributed by atoms with van der Waals surface area (Å²) < 4.78 is 8.35. The molecule has 0 aromatic carbocycles. The zero-order valence-electron chi connectivity index (χ0n) is 15.2. The predicted octanol–water partition coefficient (Wildman–Crippen LogP) is 2.94. The van der Waals surface area contributed by atoms with E-state index in [1.165, 1.54) is 18.4 Å². The van der Waals surface area contributed by atoms with Gasteiger partial charge in [-0.3, -0.25) is 4.99 Å². The first kappa shape index (κ1) is 19.4. The summed E-state index contributed by atoms with van der Waals surface area (Å²) in [5.74, 6) is -0.299. The molecule has 2 aromatic rings. The molecule has 1 unspecified atom stereocenters. The van der Waals surface area contributed by atoms with Crippen molar-refractivity contribution >= 4 is 18.5 Å². The molecule has 0 fully saturated rings. The van der Waals surface area contributed by atoms with E-state index >= 15 is 0 Å². The summed E-state index contributed by atoms with van der Waals surface area (Å²) in [6.45, 7) is 6.23. The van der Waals surface area contributed by atoms with Crippen LogP contribution in [0, 0.1) is 13.8 Å². The van der Waals surface area contributed by atoms with Crippen LogP contribution in [0.25, 0.3) is 0 Å². The number of nitrogens with zero attached hydrogens (tertiary/aromatic N) is 4. The second-order valence-electron chi connectivity index (χ2n) is 5.49. The van der Waals surface area contributed by atoms with Crippen LogP contribution in [-0.4, -0.2) is 40.8 Å². The number of hydrogen-bond donors (Lipinski definition) is 0. The van der Waals surface area contributed by atoms with Gasteiger partial charge in [-0.05, 0) is 44.5 Å². The van der Waals surface area contributed by atoms with E-state index in [1.807, 2.05) is 6.92 Å². The lowest BCUT2D eigenvalue weighted by Crippen LogP contribution is -2.06. The predicted molar refractivity (Wildman–Crippen MR) is 98.1 cm³/mol. The van der Waals surface area contributed by atoms with Crippen LogP contribution < -0.4 is 0 Å². The van der Waals surface area contributed by atoms with E-state index in [2.05, 4.69) is 52.4 Å². The van der Waals surface area contributed by atoms with Crippen molar-refractivity contribution in [3.05, 3.63) is 47.5 Å². The first-order valence-electron chi connectivity index (χ1n) is 7.70. The zero-order valence-corrected chi connectivity index (χ0v) is 15.2. The van der Waals surface area contributed by atoms with Gasteiger partial charge in [0.05, 0.1) is 13.2 Å². The van der Waals surface area contributed by atoms with Crippen molar-refractivity contribution in [3.63, 3.8) is 0 Å². The van der Waals surface area contributed by atoms with E-state index in [0.29, 0.717) is 11.7 Å². The Balaban J connectivity index is 0.000000186. The number of esters is 1. The topological polar surface area (TPSA) is 60.9 Å². The summed E-state index contributed by atoms with van der Waals surface area (Å²) in [6.07, 6.45) is 7.25. The molecule has 6 nitrogen and oxygen atoms in total. The number of ether oxygens (including phenoxy) is 1. The van der Waals surface area contributed by atoms with Crippen LogP contribution in [0.3, 0.4) is 0 Å². The highest BCUT2D eigenvalue weighted by Gasteiger charge is 2.06. The summed E-state index contributed by atoms with van der Waals surface area (Å²) >= 11 is 0. The second kappa shape index (κ2) is 9.50. The van der Waals surface area contributed by atoms with Crippen molar-refractivity contribution in [2.24, 2.45) is 24.1 Å². The number of carbonyl (C=O) groups excluding carboxylic acids is 1. The average Bonchev–Trinajstić information content (AvgIpc) is 3.28. The summed E-state index contributed by atoms with van der Waals surface area (Å²) in [5, 5.41) is 0.